The molecule has 0 aliphatic rings. The van der Waals surface area contributed by atoms with Crippen LogP contribution in [0.25, 0.3) is 16.0 Å². The summed E-state index contributed by atoms with van der Waals surface area (Å²) in [4.78, 5) is 19.1. The van der Waals surface area contributed by atoms with Crippen molar-refractivity contribution in [2.45, 2.75) is 6.92 Å². The summed E-state index contributed by atoms with van der Waals surface area (Å²) in [7, 11) is 0. The van der Waals surface area contributed by atoms with Crippen LogP contribution in [0.3, 0.4) is 0 Å². The number of phenols is 1. The topological polar surface area (TPSA) is 106 Å². The van der Waals surface area contributed by atoms with Gasteiger partial charge >= 0.3 is 0 Å². The largest absolute Gasteiger partial charge is 0.507 e. The molecule has 0 fully saturated rings. The molecular formula is C16H13ClN4O2. The molecule has 7 heteroatoms. The van der Waals surface area contributed by atoms with Gasteiger partial charge in [-0.15, -0.1) is 0 Å². The normalized spacial score (nSPS) is 9.96. The number of benzene rings is 2. The van der Waals surface area contributed by atoms with E-state index in [1.54, 1.807) is 25.1 Å². The second-order valence-corrected chi connectivity index (χ2v) is 5.12. The number of hydrogen-bond acceptors (Lipinski definition) is 2. The second kappa shape index (κ2) is 6.38. The van der Waals surface area contributed by atoms with E-state index >= 15 is 0 Å². The average Bonchev–Trinajstić information content (AvgIpc) is 2.49. The highest BCUT2D eigenvalue weighted by Gasteiger charge is 2.23. The number of nitrogens with zero attached hydrogens (tertiary/aromatic N) is 2. The third kappa shape index (κ3) is 3.10. The minimum atomic E-state index is -0.847. The summed E-state index contributed by atoms with van der Waals surface area (Å²) >= 11 is 6.31. The number of phenolic OH excluding ortho intramolecular Hbond substituents is 1. The fraction of sp³-hybridized carbons (Fsp3) is 0.0625. The van der Waals surface area contributed by atoms with E-state index in [1.165, 1.54) is 12.1 Å². The Morgan fingerprint density at radius 2 is 2.00 bits per heavy atom. The van der Waals surface area contributed by atoms with E-state index in [2.05, 4.69) is 9.84 Å². The van der Waals surface area contributed by atoms with Crippen LogP contribution in [-0.2, 0) is 0 Å². The van der Waals surface area contributed by atoms with Gasteiger partial charge in [0.1, 0.15) is 5.75 Å². The number of rotatable bonds is 2. The molecule has 0 saturated heterocycles. The second-order valence-electron chi connectivity index (χ2n) is 4.74. The van der Waals surface area contributed by atoms with Crippen molar-refractivity contribution in [1.29, 1.82) is 0 Å². The number of aromatic hydroxyl groups is 1. The summed E-state index contributed by atoms with van der Waals surface area (Å²) in [6.45, 7) is 9.11. The van der Waals surface area contributed by atoms with Gasteiger partial charge in [0.15, 0.2) is 11.6 Å². The van der Waals surface area contributed by atoms with Gasteiger partial charge in [0, 0.05) is 5.56 Å². The summed E-state index contributed by atoms with van der Waals surface area (Å²) in [6, 6.07) is 7.84. The summed E-state index contributed by atoms with van der Waals surface area (Å²) in [6.07, 6.45) is 0. The van der Waals surface area contributed by atoms with Crippen LogP contribution in [0.15, 0.2) is 35.3 Å². The maximum atomic E-state index is 12.3. The Bertz CT molecular complexity index is 865. The van der Waals surface area contributed by atoms with Gasteiger partial charge in [-0.1, -0.05) is 35.9 Å². The predicted molar refractivity (Wildman–Crippen MR) is 89.7 cm³/mol. The van der Waals surface area contributed by atoms with Crippen molar-refractivity contribution < 1.29 is 9.90 Å². The Morgan fingerprint density at radius 3 is 2.61 bits per heavy atom. The maximum absolute atomic E-state index is 12.3. The van der Waals surface area contributed by atoms with E-state index in [9.17, 15) is 9.90 Å². The molecule has 2 aromatic carbocycles. The average molecular weight is 329 g/mol. The number of amides is 1. The molecule has 0 aliphatic heterocycles. The van der Waals surface area contributed by atoms with Crippen molar-refractivity contribution in [1.82, 2.24) is 0 Å². The molecule has 23 heavy (non-hydrogen) atoms. The molecule has 1 amide bonds. The molecule has 0 spiro atoms. The predicted octanol–water partition coefficient (Wildman–Crippen LogP) is 2.99. The molecule has 5 N–H and O–H groups in total. The monoisotopic (exact) mass is 328 g/mol. The van der Waals surface area contributed by atoms with Gasteiger partial charge in [-0.3, -0.25) is 4.79 Å². The number of aryl methyl sites for hydroxylation is 1. The number of aliphatic imine (C=N–C) groups is 1. The lowest BCUT2D eigenvalue weighted by molar-refractivity contribution is 0.100. The molecular weight excluding hydrogens is 316 g/mol. The molecule has 0 saturated carbocycles. The van der Waals surface area contributed by atoms with E-state index in [4.69, 9.17) is 29.6 Å². The van der Waals surface area contributed by atoms with Gasteiger partial charge in [0.05, 0.1) is 17.2 Å². The number of guanidine groups is 1. The molecule has 0 unspecified atom stereocenters. The molecule has 2 aromatic rings. The van der Waals surface area contributed by atoms with Crippen LogP contribution in [-0.4, -0.2) is 17.0 Å². The smallest absolute Gasteiger partial charge is 0.283 e. The van der Waals surface area contributed by atoms with Gasteiger partial charge in [0.25, 0.3) is 5.91 Å². The summed E-state index contributed by atoms with van der Waals surface area (Å²) in [5.41, 5.74) is 11.9. The van der Waals surface area contributed by atoms with Crippen molar-refractivity contribution in [3.63, 3.8) is 0 Å². The maximum Gasteiger partial charge on any atom is 0.283 e. The first-order chi connectivity index (χ1) is 10.9. The highest BCUT2D eigenvalue weighted by Crippen LogP contribution is 2.42. The van der Waals surface area contributed by atoms with Crippen molar-refractivity contribution >= 4 is 29.2 Å². The number of carbonyl (C=O) groups excluding carboxylic acids is 1. The molecule has 0 heterocycles. The molecule has 0 aromatic heterocycles. The molecule has 0 bridgehead atoms. The van der Waals surface area contributed by atoms with Crippen LogP contribution >= 0.6 is 11.6 Å². The highest BCUT2D eigenvalue weighted by atomic mass is 35.5. The van der Waals surface area contributed by atoms with Crippen LogP contribution in [0.1, 0.15) is 15.9 Å². The summed E-state index contributed by atoms with van der Waals surface area (Å²) in [5.74, 6) is -1.62. The van der Waals surface area contributed by atoms with Crippen molar-refractivity contribution in [3.8, 4) is 16.9 Å². The Morgan fingerprint density at radius 1 is 1.30 bits per heavy atom. The van der Waals surface area contributed by atoms with Crippen molar-refractivity contribution in [2.24, 2.45) is 16.5 Å². The molecule has 6 nitrogen and oxygen atoms in total. The first-order valence-electron chi connectivity index (χ1n) is 6.49. The lowest BCUT2D eigenvalue weighted by Crippen LogP contribution is -2.24. The third-order valence-corrected chi connectivity index (χ3v) is 3.69. The quantitative estimate of drug-likeness (QED) is 0.447. The molecule has 116 valence electrons. The fourth-order valence-electron chi connectivity index (χ4n) is 2.18. The van der Waals surface area contributed by atoms with E-state index in [0.717, 1.165) is 5.56 Å². The number of carbonyl (C=O) groups is 1. The Hall–Kier alpha value is -3.04. The Labute approximate surface area is 137 Å². The zero-order valence-electron chi connectivity index (χ0n) is 12.2. The lowest BCUT2D eigenvalue weighted by Gasteiger charge is -2.14. The van der Waals surface area contributed by atoms with Crippen LogP contribution in [0.5, 0.6) is 5.75 Å². The van der Waals surface area contributed by atoms with E-state index in [0.29, 0.717) is 10.6 Å². The minimum Gasteiger partial charge on any atom is -0.507 e. The fourth-order valence-corrected chi connectivity index (χ4v) is 2.40. The minimum absolute atomic E-state index is 0.157. The Balaban J connectivity index is 2.88. The van der Waals surface area contributed by atoms with E-state index in [-0.39, 0.29) is 22.6 Å². The van der Waals surface area contributed by atoms with Gasteiger partial charge in [-0.25, -0.2) is 4.85 Å². The van der Waals surface area contributed by atoms with Crippen molar-refractivity contribution in [2.75, 3.05) is 0 Å². The number of halogens is 1. The zero-order valence-corrected chi connectivity index (χ0v) is 12.9. The van der Waals surface area contributed by atoms with Gasteiger partial charge in [-0.05, 0) is 24.1 Å². The molecule has 0 radical (unpaired) electrons. The van der Waals surface area contributed by atoms with Crippen LogP contribution in [0.2, 0.25) is 5.02 Å². The SMILES string of the molecule is [C-]#[N+]c1ccc(O)c(C(=O)N=C(N)N)c1-c1cccc(C)c1Cl. The molecule has 0 atom stereocenters. The van der Waals surface area contributed by atoms with Crippen molar-refractivity contribution in [3.05, 3.63) is 57.9 Å². The lowest BCUT2D eigenvalue weighted by atomic mass is 9.95. The van der Waals surface area contributed by atoms with E-state index in [1.807, 2.05) is 0 Å². The zero-order chi connectivity index (χ0) is 17.1. The first kappa shape index (κ1) is 16.3. The number of nitrogens with two attached hydrogens (primary N) is 2. The highest BCUT2D eigenvalue weighted by molar-refractivity contribution is 6.34. The standard InChI is InChI=1S/C16H13ClN4O2/c1-8-4-3-5-9(14(8)17)12-10(20-2)6-7-11(22)13(12)15(23)21-16(18)19/h3-7,22H,1H3,(H4,18,19,21,23). The molecule has 0 aliphatic carbocycles. The summed E-state index contributed by atoms with van der Waals surface area (Å²) in [5, 5.41) is 10.5. The van der Waals surface area contributed by atoms with Crippen LogP contribution in [0, 0.1) is 13.5 Å². The number of hydrogen-bond donors (Lipinski definition) is 3. The third-order valence-electron chi connectivity index (χ3n) is 3.19. The Kier molecular flexibility index (Phi) is 4.53. The van der Waals surface area contributed by atoms with E-state index < -0.39 is 11.9 Å². The first-order valence-corrected chi connectivity index (χ1v) is 6.87. The van der Waals surface area contributed by atoms with Gasteiger partial charge in [-0.2, -0.15) is 4.99 Å². The van der Waals surface area contributed by atoms with Crippen LogP contribution in [0.4, 0.5) is 5.69 Å². The van der Waals surface area contributed by atoms with Crippen LogP contribution < -0.4 is 11.5 Å². The summed E-state index contributed by atoms with van der Waals surface area (Å²) < 4.78 is 0. The van der Waals surface area contributed by atoms with Gasteiger partial charge < -0.3 is 16.6 Å². The van der Waals surface area contributed by atoms with Gasteiger partial charge in [0.2, 0.25) is 0 Å². The molecule has 2 rings (SSSR count).